The van der Waals surface area contributed by atoms with Crippen molar-refractivity contribution in [2.45, 2.75) is 0 Å². The van der Waals surface area contributed by atoms with E-state index in [-0.39, 0.29) is 0 Å². The average molecular weight is 196 g/mol. The molecule has 0 aromatic heterocycles. The summed E-state index contributed by atoms with van der Waals surface area (Å²) in [6.45, 7) is 7.87. The van der Waals surface area contributed by atoms with Crippen LogP contribution >= 0.6 is 0 Å². The highest BCUT2D eigenvalue weighted by Crippen LogP contribution is 1.44. The lowest BCUT2D eigenvalue weighted by Gasteiger charge is -1.61. The normalized spacial score (nSPS) is 7.08. The molecule has 0 heterocycles. The Labute approximate surface area is 75.3 Å². The van der Waals surface area contributed by atoms with Crippen LogP contribution in [0.15, 0.2) is 25.3 Å². The van der Waals surface area contributed by atoms with Gasteiger partial charge < -0.3 is 11.5 Å². The molecule has 74 valence electrons. The molecule has 0 bridgehead atoms. The Morgan fingerprint density at radius 1 is 1.17 bits per heavy atom. The van der Waals surface area contributed by atoms with Crippen molar-refractivity contribution >= 4 is 11.4 Å². The first-order valence-electron chi connectivity index (χ1n) is 2.98. The van der Waals surface area contributed by atoms with Gasteiger partial charge in [-0.3, -0.25) is 9.11 Å². The third-order valence-electron chi connectivity index (χ3n) is 0.333. The SMILES string of the molecule is C=CCN.C=CCN.O=S(O)O. The van der Waals surface area contributed by atoms with Gasteiger partial charge in [0.15, 0.2) is 0 Å². The summed E-state index contributed by atoms with van der Waals surface area (Å²) in [4.78, 5) is 0. The summed E-state index contributed by atoms with van der Waals surface area (Å²) < 4.78 is 22.8. The molecule has 0 spiro atoms. The van der Waals surface area contributed by atoms with E-state index in [0.29, 0.717) is 13.1 Å². The van der Waals surface area contributed by atoms with Crippen LogP contribution in [0.25, 0.3) is 0 Å². The summed E-state index contributed by atoms with van der Waals surface area (Å²) in [6, 6.07) is 0. The minimum atomic E-state index is -2.61. The molecule has 0 aromatic carbocycles. The van der Waals surface area contributed by atoms with E-state index in [2.05, 4.69) is 13.2 Å². The second-order valence-corrected chi connectivity index (χ2v) is 1.74. The fourth-order valence-electron chi connectivity index (χ4n) is 0. The summed E-state index contributed by atoms with van der Waals surface area (Å²) in [5.74, 6) is 0. The van der Waals surface area contributed by atoms with E-state index in [4.69, 9.17) is 24.8 Å². The van der Waals surface area contributed by atoms with E-state index in [0.717, 1.165) is 0 Å². The molecule has 0 amide bonds. The number of hydrogen-bond donors (Lipinski definition) is 4. The Morgan fingerprint density at radius 3 is 1.25 bits per heavy atom. The third-order valence-corrected chi connectivity index (χ3v) is 0.333. The summed E-state index contributed by atoms with van der Waals surface area (Å²) in [5, 5.41) is 0. The number of rotatable bonds is 2. The minimum Gasteiger partial charge on any atom is -0.327 e. The van der Waals surface area contributed by atoms with E-state index >= 15 is 0 Å². The van der Waals surface area contributed by atoms with Gasteiger partial charge in [0.2, 0.25) is 0 Å². The quantitative estimate of drug-likeness (QED) is 0.365. The summed E-state index contributed by atoms with van der Waals surface area (Å²) >= 11 is -2.61. The van der Waals surface area contributed by atoms with Crippen LogP contribution in [0.5, 0.6) is 0 Å². The Balaban J connectivity index is -0.000000101. The molecular weight excluding hydrogens is 180 g/mol. The molecule has 0 rings (SSSR count). The van der Waals surface area contributed by atoms with Crippen LogP contribution in [-0.2, 0) is 11.4 Å². The molecule has 6 heteroatoms. The van der Waals surface area contributed by atoms with Crippen LogP contribution in [0, 0.1) is 0 Å². The zero-order chi connectivity index (χ0) is 10.4. The van der Waals surface area contributed by atoms with E-state index in [9.17, 15) is 0 Å². The Morgan fingerprint density at radius 2 is 1.25 bits per heavy atom. The molecule has 0 aliphatic rings. The van der Waals surface area contributed by atoms with Crippen molar-refractivity contribution in [3.63, 3.8) is 0 Å². The van der Waals surface area contributed by atoms with Crippen molar-refractivity contribution in [2.24, 2.45) is 11.5 Å². The van der Waals surface area contributed by atoms with Crippen molar-refractivity contribution in [3.05, 3.63) is 25.3 Å². The Kier molecular flexibility index (Phi) is 32.8. The van der Waals surface area contributed by atoms with Gasteiger partial charge in [-0.1, -0.05) is 12.2 Å². The molecule has 0 fully saturated rings. The van der Waals surface area contributed by atoms with E-state index in [1.54, 1.807) is 12.2 Å². The highest BCUT2D eigenvalue weighted by atomic mass is 32.2. The standard InChI is InChI=1S/2C3H7N.H2O3S/c2*1-2-3-4;1-4(2)3/h2*2H,1,3-4H2;(H2,1,2,3). The maximum absolute atomic E-state index is 8.67. The largest absolute Gasteiger partial charge is 0.327 e. The maximum atomic E-state index is 8.67. The molecule has 0 aromatic rings. The van der Waals surface area contributed by atoms with Gasteiger partial charge in [0, 0.05) is 13.1 Å². The van der Waals surface area contributed by atoms with Gasteiger partial charge in [0.25, 0.3) is 11.4 Å². The van der Waals surface area contributed by atoms with Gasteiger partial charge in [-0.25, -0.2) is 0 Å². The average Bonchev–Trinajstić information content (AvgIpc) is 2.03. The predicted octanol–water partition coefficient (Wildman–Crippen LogP) is -0.0567. The molecule has 0 saturated carbocycles. The first-order chi connectivity index (χ1) is 5.56. The first-order valence-corrected chi connectivity index (χ1v) is 4.04. The van der Waals surface area contributed by atoms with Gasteiger partial charge in [0.1, 0.15) is 0 Å². The predicted molar refractivity (Wildman–Crippen MR) is 51.9 cm³/mol. The van der Waals surface area contributed by atoms with Crippen LogP contribution in [-0.4, -0.2) is 26.4 Å². The molecule has 0 radical (unpaired) electrons. The lowest BCUT2D eigenvalue weighted by Crippen LogP contribution is -1.90. The van der Waals surface area contributed by atoms with Crippen molar-refractivity contribution < 1.29 is 13.3 Å². The second-order valence-electron chi connectivity index (χ2n) is 1.28. The van der Waals surface area contributed by atoms with Gasteiger partial charge >= 0.3 is 0 Å². The monoisotopic (exact) mass is 196 g/mol. The van der Waals surface area contributed by atoms with Crippen molar-refractivity contribution in [1.82, 2.24) is 0 Å². The zero-order valence-corrected chi connectivity index (χ0v) is 7.67. The highest BCUT2D eigenvalue weighted by Gasteiger charge is 1.62. The molecule has 0 atom stereocenters. The van der Waals surface area contributed by atoms with Crippen molar-refractivity contribution in [2.75, 3.05) is 13.1 Å². The van der Waals surface area contributed by atoms with E-state index in [1.165, 1.54) is 0 Å². The van der Waals surface area contributed by atoms with Crippen LogP contribution in [0.3, 0.4) is 0 Å². The Bertz CT molecular complexity index is 107. The molecule has 0 aliphatic carbocycles. The molecular formula is C6H16N2O3S. The fourth-order valence-corrected chi connectivity index (χ4v) is 0. The van der Waals surface area contributed by atoms with E-state index < -0.39 is 11.4 Å². The number of hydrogen-bond acceptors (Lipinski definition) is 3. The maximum Gasteiger partial charge on any atom is 0.299 e. The lowest BCUT2D eigenvalue weighted by atomic mass is 10.7. The smallest absolute Gasteiger partial charge is 0.299 e. The highest BCUT2D eigenvalue weighted by molar-refractivity contribution is 7.73. The zero-order valence-electron chi connectivity index (χ0n) is 6.85. The van der Waals surface area contributed by atoms with Gasteiger partial charge in [0.05, 0.1) is 0 Å². The van der Waals surface area contributed by atoms with Crippen LogP contribution in [0.2, 0.25) is 0 Å². The summed E-state index contributed by atoms with van der Waals surface area (Å²) in [7, 11) is 0. The van der Waals surface area contributed by atoms with E-state index in [1.807, 2.05) is 0 Å². The van der Waals surface area contributed by atoms with Gasteiger partial charge in [-0.05, 0) is 0 Å². The molecule has 0 saturated heterocycles. The minimum absolute atomic E-state index is 0.583. The Hall–Kier alpha value is -0.530. The van der Waals surface area contributed by atoms with Gasteiger partial charge in [-0.2, -0.15) is 4.21 Å². The van der Waals surface area contributed by atoms with Crippen LogP contribution in [0.4, 0.5) is 0 Å². The second kappa shape index (κ2) is 22.4. The molecule has 12 heavy (non-hydrogen) atoms. The van der Waals surface area contributed by atoms with Crippen LogP contribution in [0.1, 0.15) is 0 Å². The van der Waals surface area contributed by atoms with Crippen LogP contribution < -0.4 is 11.5 Å². The molecule has 5 nitrogen and oxygen atoms in total. The molecule has 0 aliphatic heterocycles. The summed E-state index contributed by atoms with van der Waals surface area (Å²) in [5.41, 5.74) is 9.82. The van der Waals surface area contributed by atoms with Gasteiger partial charge in [-0.15, -0.1) is 13.2 Å². The molecule has 6 N–H and O–H groups in total. The lowest BCUT2D eigenvalue weighted by molar-refractivity contribution is 0.454. The summed E-state index contributed by atoms with van der Waals surface area (Å²) in [6.07, 6.45) is 3.31. The first kappa shape index (κ1) is 17.5. The molecule has 0 unspecified atom stereocenters. The fraction of sp³-hybridized carbons (Fsp3) is 0.333. The van der Waals surface area contributed by atoms with Crippen molar-refractivity contribution in [1.29, 1.82) is 0 Å². The topological polar surface area (TPSA) is 110 Å². The van der Waals surface area contributed by atoms with Crippen molar-refractivity contribution in [3.8, 4) is 0 Å². The third kappa shape index (κ3) is 314. The number of nitrogens with two attached hydrogens (primary N) is 2.